The molecule has 0 amide bonds. The number of aromatic hydroxyl groups is 1. The van der Waals surface area contributed by atoms with Crippen LogP contribution in [-0.2, 0) is 0 Å². The molecule has 180 valence electrons. The zero-order valence-corrected chi connectivity index (χ0v) is 22.1. The minimum Gasteiger partial charge on any atom is -0.508 e. The Morgan fingerprint density at radius 2 is 1.23 bits per heavy atom. The molecule has 31 heavy (non-hydrogen) atoms. The number of methoxy groups -OCH3 is 1. The Balaban J connectivity index is 0.00000138. The minimum atomic E-state index is 0.332. The molecular weight excluding hydrogens is 380 g/mol. The quantitative estimate of drug-likeness (QED) is 0.480. The van der Waals surface area contributed by atoms with Gasteiger partial charge in [0.05, 0.1) is 7.11 Å². The van der Waals surface area contributed by atoms with Crippen LogP contribution >= 0.6 is 0 Å². The molecule has 0 saturated heterocycles. The number of hydrogen-bond donors (Lipinski definition) is 1. The lowest BCUT2D eigenvalue weighted by molar-refractivity contribution is 0.325. The predicted molar refractivity (Wildman–Crippen MR) is 138 cm³/mol. The highest BCUT2D eigenvalue weighted by molar-refractivity contribution is 5.50. The van der Waals surface area contributed by atoms with Gasteiger partial charge in [0.15, 0.2) is 0 Å². The second-order valence-electron chi connectivity index (χ2n) is 8.35. The normalized spacial score (nSPS) is 25.2. The standard InChI is InChI=1S/C23H34O2.3C2H6/c1-16-4-6-18(7-5-16)8-9-19-10-12-20(13-11-19)21-14-15-22(24)17(2)23(21)25-3;3*1-2/h8-9,14-16,18-20,24H,4-7,10-13H2,1-3H3;3*1-2H3/b9-8+;;;. The molecule has 2 heteroatoms. The molecule has 0 atom stereocenters. The van der Waals surface area contributed by atoms with Crippen molar-refractivity contribution in [3.8, 4) is 11.5 Å². The second-order valence-corrected chi connectivity index (χ2v) is 8.35. The predicted octanol–water partition coefficient (Wildman–Crippen LogP) is 9.44. The van der Waals surface area contributed by atoms with Gasteiger partial charge in [0.1, 0.15) is 11.5 Å². The topological polar surface area (TPSA) is 29.5 Å². The van der Waals surface area contributed by atoms with E-state index in [1.54, 1.807) is 7.11 Å². The van der Waals surface area contributed by atoms with E-state index in [1.165, 1.54) is 56.9 Å². The first-order valence-electron chi connectivity index (χ1n) is 13.1. The van der Waals surface area contributed by atoms with Crippen molar-refractivity contribution in [1.29, 1.82) is 0 Å². The van der Waals surface area contributed by atoms with E-state index < -0.39 is 0 Å². The molecule has 2 aliphatic rings. The van der Waals surface area contributed by atoms with Gasteiger partial charge in [-0.25, -0.2) is 0 Å². The number of rotatable bonds is 4. The maximum absolute atomic E-state index is 9.92. The highest BCUT2D eigenvalue weighted by Gasteiger charge is 2.25. The van der Waals surface area contributed by atoms with Crippen LogP contribution in [0.3, 0.4) is 0 Å². The number of phenols is 1. The molecule has 3 rings (SSSR count). The van der Waals surface area contributed by atoms with Crippen molar-refractivity contribution in [1.82, 2.24) is 0 Å². The summed E-state index contributed by atoms with van der Waals surface area (Å²) in [4.78, 5) is 0. The van der Waals surface area contributed by atoms with E-state index in [0.29, 0.717) is 11.7 Å². The minimum absolute atomic E-state index is 0.332. The molecule has 2 fully saturated rings. The third-order valence-corrected chi connectivity index (χ3v) is 6.54. The summed E-state index contributed by atoms with van der Waals surface area (Å²) in [6, 6.07) is 3.88. The van der Waals surface area contributed by atoms with Crippen LogP contribution < -0.4 is 4.74 Å². The fourth-order valence-electron chi connectivity index (χ4n) is 4.71. The maximum atomic E-state index is 9.92. The average Bonchev–Trinajstić information content (AvgIpc) is 2.84. The summed E-state index contributed by atoms with van der Waals surface area (Å²) in [5, 5.41) is 9.92. The Kier molecular flexibility index (Phi) is 16.4. The van der Waals surface area contributed by atoms with Crippen LogP contribution in [0.5, 0.6) is 11.5 Å². The first-order chi connectivity index (χ1) is 15.1. The number of benzene rings is 1. The van der Waals surface area contributed by atoms with Crippen molar-refractivity contribution >= 4 is 0 Å². The molecule has 1 aromatic carbocycles. The second kappa shape index (κ2) is 17.2. The van der Waals surface area contributed by atoms with Gasteiger partial charge in [0.25, 0.3) is 0 Å². The van der Waals surface area contributed by atoms with Crippen molar-refractivity contribution in [3.63, 3.8) is 0 Å². The lowest BCUT2D eigenvalue weighted by atomic mass is 9.77. The third-order valence-electron chi connectivity index (χ3n) is 6.54. The molecule has 0 radical (unpaired) electrons. The molecule has 0 aliphatic heterocycles. The van der Waals surface area contributed by atoms with Crippen LogP contribution in [-0.4, -0.2) is 12.2 Å². The summed E-state index contributed by atoms with van der Waals surface area (Å²) in [5.74, 6) is 4.29. The molecule has 2 saturated carbocycles. The summed E-state index contributed by atoms with van der Waals surface area (Å²) < 4.78 is 5.60. The Bertz CT molecular complexity index is 589. The van der Waals surface area contributed by atoms with Gasteiger partial charge < -0.3 is 9.84 Å². The zero-order valence-electron chi connectivity index (χ0n) is 22.1. The fraction of sp³-hybridized carbons (Fsp3) is 0.724. The lowest BCUT2D eigenvalue weighted by Crippen LogP contribution is -2.14. The van der Waals surface area contributed by atoms with Gasteiger partial charge in [-0.15, -0.1) is 0 Å². The Morgan fingerprint density at radius 3 is 1.68 bits per heavy atom. The van der Waals surface area contributed by atoms with Crippen molar-refractivity contribution in [2.24, 2.45) is 17.8 Å². The van der Waals surface area contributed by atoms with Crippen molar-refractivity contribution in [2.45, 2.75) is 113 Å². The van der Waals surface area contributed by atoms with Crippen LogP contribution in [0.4, 0.5) is 0 Å². The van der Waals surface area contributed by atoms with Crippen LogP contribution in [0.25, 0.3) is 0 Å². The van der Waals surface area contributed by atoms with E-state index in [-0.39, 0.29) is 0 Å². The highest BCUT2D eigenvalue weighted by atomic mass is 16.5. The summed E-state index contributed by atoms with van der Waals surface area (Å²) in [6.45, 7) is 16.3. The number of phenolic OH excluding ortho intramolecular Hbond substituents is 1. The van der Waals surface area contributed by atoms with E-state index in [2.05, 4.69) is 25.1 Å². The van der Waals surface area contributed by atoms with E-state index in [4.69, 9.17) is 4.74 Å². The van der Waals surface area contributed by atoms with Gasteiger partial charge in [-0.3, -0.25) is 0 Å². The van der Waals surface area contributed by atoms with Crippen LogP contribution in [0.1, 0.15) is 117 Å². The van der Waals surface area contributed by atoms with E-state index in [0.717, 1.165) is 29.1 Å². The SMILES string of the molecule is CC.CC.CC.COc1c(C2CCC(/C=C/C3CCC(C)CC3)CC2)ccc(O)c1C. The van der Waals surface area contributed by atoms with Crippen LogP contribution in [0.2, 0.25) is 0 Å². The van der Waals surface area contributed by atoms with E-state index >= 15 is 0 Å². The largest absolute Gasteiger partial charge is 0.508 e. The molecule has 0 aromatic heterocycles. The summed E-state index contributed by atoms with van der Waals surface area (Å²) >= 11 is 0. The van der Waals surface area contributed by atoms with E-state index in [1.807, 2.05) is 54.5 Å². The molecule has 0 unspecified atom stereocenters. The van der Waals surface area contributed by atoms with Crippen molar-refractivity contribution in [3.05, 3.63) is 35.4 Å². The van der Waals surface area contributed by atoms with Crippen molar-refractivity contribution in [2.75, 3.05) is 7.11 Å². The molecule has 0 spiro atoms. The summed E-state index contributed by atoms with van der Waals surface area (Å²) in [7, 11) is 1.71. The Labute approximate surface area is 194 Å². The van der Waals surface area contributed by atoms with Gasteiger partial charge in [-0.1, -0.05) is 79.5 Å². The van der Waals surface area contributed by atoms with E-state index in [9.17, 15) is 5.11 Å². The molecule has 0 heterocycles. The fourth-order valence-corrected chi connectivity index (χ4v) is 4.71. The molecule has 1 aromatic rings. The average molecular weight is 433 g/mol. The van der Waals surface area contributed by atoms with Gasteiger partial charge in [-0.05, 0) is 80.8 Å². The van der Waals surface area contributed by atoms with Gasteiger partial charge in [0, 0.05) is 5.56 Å². The summed E-state index contributed by atoms with van der Waals surface area (Å²) in [5.41, 5.74) is 2.15. The molecule has 2 aliphatic carbocycles. The maximum Gasteiger partial charge on any atom is 0.128 e. The van der Waals surface area contributed by atoms with Gasteiger partial charge in [0.2, 0.25) is 0 Å². The first-order valence-corrected chi connectivity index (χ1v) is 13.1. The molecule has 0 bridgehead atoms. The monoisotopic (exact) mass is 432 g/mol. The van der Waals surface area contributed by atoms with Gasteiger partial charge in [-0.2, -0.15) is 0 Å². The molecular formula is C29H52O2. The lowest BCUT2D eigenvalue weighted by Gasteiger charge is -2.29. The smallest absolute Gasteiger partial charge is 0.128 e. The molecule has 2 nitrogen and oxygen atoms in total. The number of hydrogen-bond acceptors (Lipinski definition) is 2. The van der Waals surface area contributed by atoms with Crippen molar-refractivity contribution < 1.29 is 9.84 Å². The number of allylic oxidation sites excluding steroid dienone is 2. The van der Waals surface area contributed by atoms with Crippen LogP contribution in [0.15, 0.2) is 24.3 Å². The zero-order chi connectivity index (χ0) is 23.8. The van der Waals surface area contributed by atoms with Gasteiger partial charge >= 0.3 is 0 Å². The Hall–Kier alpha value is -1.44. The van der Waals surface area contributed by atoms with Crippen LogP contribution in [0, 0.1) is 24.7 Å². The number of ether oxygens (including phenoxy) is 1. The summed E-state index contributed by atoms with van der Waals surface area (Å²) in [6.07, 6.45) is 15.6. The Morgan fingerprint density at radius 1 is 0.774 bits per heavy atom. The highest BCUT2D eigenvalue weighted by Crippen LogP contribution is 2.43. The third kappa shape index (κ3) is 9.29. The molecule has 1 N–H and O–H groups in total. The first kappa shape index (κ1) is 29.6.